The Morgan fingerprint density at radius 1 is 1.38 bits per heavy atom. The Morgan fingerprint density at radius 2 is 2.12 bits per heavy atom. The molecule has 4 nitrogen and oxygen atoms in total. The fourth-order valence-corrected chi connectivity index (χ4v) is 3.19. The van der Waals surface area contributed by atoms with Crippen LogP contribution in [0.4, 0.5) is 0 Å². The van der Waals surface area contributed by atoms with E-state index in [9.17, 15) is 0 Å². The van der Waals surface area contributed by atoms with Crippen molar-refractivity contribution in [3.05, 3.63) is 11.7 Å². The molecule has 2 atom stereocenters. The summed E-state index contributed by atoms with van der Waals surface area (Å²) in [6.07, 6.45) is 0. The number of nitrogens with zero attached hydrogens (tertiary/aromatic N) is 2. The molecule has 2 heterocycles. The van der Waals surface area contributed by atoms with Gasteiger partial charge in [-0.25, -0.2) is 0 Å². The molecular weight excluding hydrogens is 222 g/mol. The number of hydrogen-bond acceptors (Lipinski definition) is 5. The van der Waals surface area contributed by atoms with Gasteiger partial charge in [0.05, 0.1) is 5.92 Å². The Labute approximate surface area is 101 Å². The standard InChI is InChI=1S/C11H19N3OS/c1-11(2,3)10-13-9(15-14-10)7-5-16-6-8(7)12-4/h7-8,12H,5-6H2,1-4H3. The van der Waals surface area contributed by atoms with E-state index in [0.717, 1.165) is 23.2 Å². The maximum atomic E-state index is 5.39. The van der Waals surface area contributed by atoms with Gasteiger partial charge in [-0.2, -0.15) is 16.7 Å². The predicted molar refractivity (Wildman–Crippen MR) is 65.9 cm³/mol. The highest BCUT2D eigenvalue weighted by Crippen LogP contribution is 2.32. The van der Waals surface area contributed by atoms with Gasteiger partial charge in [0.1, 0.15) is 0 Å². The first kappa shape index (κ1) is 11.9. The van der Waals surface area contributed by atoms with Crippen molar-refractivity contribution >= 4 is 11.8 Å². The molecule has 1 fully saturated rings. The van der Waals surface area contributed by atoms with Crippen LogP contribution in [0.1, 0.15) is 38.4 Å². The van der Waals surface area contributed by atoms with E-state index in [4.69, 9.17) is 4.52 Å². The van der Waals surface area contributed by atoms with Crippen LogP contribution in [0.15, 0.2) is 4.52 Å². The van der Waals surface area contributed by atoms with Crippen LogP contribution >= 0.6 is 11.8 Å². The van der Waals surface area contributed by atoms with Crippen molar-refractivity contribution in [1.29, 1.82) is 0 Å². The first-order chi connectivity index (χ1) is 7.52. The van der Waals surface area contributed by atoms with Crippen molar-refractivity contribution in [2.75, 3.05) is 18.6 Å². The van der Waals surface area contributed by atoms with E-state index in [1.165, 1.54) is 0 Å². The van der Waals surface area contributed by atoms with Crippen molar-refractivity contribution in [2.45, 2.75) is 38.1 Å². The van der Waals surface area contributed by atoms with E-state index < -0.39 is 0 Å². The Morgan fingerprint density at radius 3 is 2.69 bits per heavy atom. The van der Waals surface area contributed by atoms with E-state index >= 15 is 0 Å². The first-order valence-electron chi connectivity index (χ1n) is 5.61. The van der Waals surface area contributed by atoms with Crippen LogP contribution in [0.25, 0.3) is 0 Å². The van der Waals surface area contributed by atoms with Crippen LogP contribution in [0, 0.1) is 0 Å². The third-order valence-corrected chi connectivity index (χ3v) is 4.07. The average molecular weight is 241 g/mol. The molecule has 2 rings (SSSR count). The molecule has 0 radical (unpaired) electrons. The molecular formula is C11H19N3OS. The Kier molecular flexibility index (Phi) is 3.26. The van der Waals surface area contributed by atoms with Gasteiger partial charge in [-0.1, -0.05) is 25.9 Å². The van der Waals surface area contributed by atoms with Gasteiger partial charge in [-0.05, 0) is 7.05 Å². The van der Waals surface area contributed by atoms with Crippen LogP contribution in [0.2, 0.25) is 0 Å². The summed E-state index contributed by atoms with van der Waals surface area (Å²) in [5.74, 6) is 4.13. The number of rotatable bonds is 2. The van der Waals surface area contributed by atoms with Gasteiger partial charge in [-0.3, -0.25) is 0 Å². The van der Waals surface area contributed by atoms with Gasteiger partial charge in [0, 0.05) is 23.0 Å². The van der Waals surface area contributed by atoms with E-state index in [-0.39, 0.29) is 5.41 Å². The fourth-order valence-electron chi connectivity index (χ4n) is 1.77. The monoisotopic (exact) mass is 241 g/mol. The van der Waals surface area contributed by atoms with Gasteiger partial charge in [0.2, 0.25) is 5.89 Å². The van der Waals surface area contributed by atoms with Gasteiger partial charge in [-0.15, -0.1) is 0 Å². The van der Waals surface area contributed by atoms with E-state index in [0.29, 0.717) is 12.0 Å². The molecule has 1 aliphatic heterocycles. The van der Waals surface area contributed by atoms with Crippen LogP contribution in [0.5, 0.6) is 0 Å². The van der Waals surface area contributed by atoms with Crippen molar-refractivity contribution in [3.8, 4) is 0 Å². The minimum atomic E-state index is -0.0391. The van der Waals surface area contributed by atoms with Crippen LogP contribution in [0.3, 0.4) is 0 Å². The molecule has 16 heavy (non-hydrogen) atoms. The van der Waals surface area contributed by atoms with Crippen LogP contribution in [-0.4, -0.2) is 34.7 Å². The number of thioether (sulfide) groups is 1. The zero-order valence-electron chi connectivity index (χ0n) is 10.3. The summed E-state index contributed by atoms with van der Waals surface area (Å²) in [4.78, 5) is 4.53. The summed E-state index contributed by atoms with van der Waals surface area (Å²) in [6, 6.07) is 0.457. The van der Waals surface area contributed by atoms with Gasteiger partial charge < -0.3 is 9.84 Å². The molecule has 0 amide bonds. The molecule has 0 aromatic carbocycles. The topological polar surface area (TPSA) is 51.0 Å². The summed E-state index contributed by atoms with van der Waals surface area (Å²) in [5, 5.41) is 7.39. The normalized spacial score (nSPS) is 26.2. The van der Waals surface area contributed by atoms with E-state index in [1.807, 2.05) is 18.8 Å². The fraction of sp³-hybridized carbons (Fsp3) is 0.818. The van der Waals surface area contributed by atoms with Crippen molar-refractivity contribution in [2.24, 2.45) is 0 Å². The average Bonchev–Trinajstić information content (AvgIpc) is 2.84. The smallest absolute Gasteiger partial charge is 0.232 e. The molecule has 1 saturated heterocycles. The molecule has 2 unspecified atom stereocenters. The van der Waals surface area contributed by atoms with Crippen molar-refractivity contribution in [3.63, 3.8) is 0 Å². The molecule has 1 aromatic rings. The summed E-state index contributed by atoms with van der Waals surface area (Å²) in [5.41, 5.74) is -0.0391. The van der Waals surface area contributed by atoms with Crippen LogP contribution in [-0.2, 0) is 5.41 Å². The Balaban J connectivity index is 2.18. The summed E-state index contributed by atoms with van der Waals surface area (Å²) in [7, 11) is 1.99. The molecule has 0 bridgehead atoms. The zero-order chi connectivity index (χ0) is 11.8. The SMILES string of the molecule is CNC1CSCC1c1nc(C(C)(C)C)no1. The van der Waals surface area contributed by atoms with Gasteiger partial charge in [0.15, 0.2) is 5.82 Å². The highest BCUT2D eigenvalue weighted by Gasteiger charge is 2.33. The predicted octanol–water partition coefficient (Wildman–Crippen LogP) is 1.79. The van der Waals surface area contributed by atoms with E-state index in [2.05, 4.69) is 36.2 Å². The lowest BCUT2D eigenvalue weighted by Gasteiger charge is -2.14. The third-order valence-electron chi connectivity index (χ3n) is 2.88. The number of aromatic nitrogens is 2. The second-order valence-electron chi connectivity index (χ2n) is 5.25. The largest absolute Gasteiger partial charge is 0.339 e. The molecule has 1 aliphatic rings. The Hall–Kier alpha value is -0.550. The van der Waals surface area contributed by atoms with Crippen molar-refractivity contribution < 1.29 is 4.52 Å². The summed E-state index contributed by atoms with van der Waals surface area (Å²) < 4.78 is 5.39. The molecule has 0 saturated carbocycles. The minimum Gasteiger partial charge on any atom is -0.339 e. The van der Waals surface area contributed by atoms with Crippen LogP contribution < -0.4 is 5.32 Å². The van der Waals surface area contributed by atoms with Gasteiger partial charge in [0.25, 0.3) is 0 Å². The zero-order valence-corrected chi connectivity index (χ0v) is 11.1. The lowest BCUT2D eigenvalue weighted by molar-refractivity contribution is 0.335. The molecule has 1 N–H and O–H groups in total. The second-order valence-corrected chi connectivity index (χ2v) is 6.32. The second kappa shape index (κ2) is 4.37. The molecule has 90 valence electrons. The number of nitrogens with one attached hydrogen (secondary N) is 1. The minimum absolute atomic E-state index is 0.0391. The maximum Gasteiger partial charge on any atom is 0.232 e. The van der Waals surface area contributed by atoms with Gasteiger partial charge >= 0.3 is 0 Å². The molecule has 1 aromatic heterocycles. The number of hydrogen-bond donors (Lipinski definition) is 1. The third kappa shape index (κ3) is 2.25. The quantitative estimate of drug-likeness (QED) is 0.855. The summed E-state index contributed by atoms with van der Waals surface area (Å²) in [6.45, 7) is 6.29. The highest BCUT2D eigenvalue weighted by atomic mass is 32.2. The summed E-state index contributed by atoms with van der Waals surface area (Å²) >= 11 is 1.94. The molecule has 0 aliphatic carbocycles. The molecule has 5 heteroatoms. The van der Waals surface area contributed by atoms with Crippen molar-refractivity contribution in [1.82, 2.24) is 15.5 Å². The number of likely N-dealkylation sites (N-methyl/N-ethyl adjacent to an activating group) is 1. The highest BCUT2D eigenvalue weighted by molar-refractivity contribution is 7.99. The lowest BCUT2D eigenvalue weighted by atomic mass is 9.96. The van der Waals surface area contributed by atoms with E-state index in [1.54, 1.807) is 0 Å². The lowest BCUT2D eigenvalue weighted by Crippen LogP contribution is -2.31. The first-order valence-corrected chi connectivity index (χ1v) is 6.77. The molecule has 0 spiro atoms. The Bertz CT molecular complexity index is 358. The maximum absolute atomic E-state index is 5.39.